The molecule has 0 spiro atoms. The highest BCUT2D eigenvalue weighted by atomic mass is 14.3. The van der Waals surface area contributed by atoms with Gasteiger partial charge in [-0.05, 0) is 49.7 Å². The third kappa shape index (κ3) is 4.00. The second-order valence-electron chi connectivity index (χ2n) is 5.69. The Bertz CT molecular complexity index is 304. The first kappa shape index (κ1) is 15.5. The minimum Gasteiger partial charge on any atom is -0.0654 e. The predicted octanol–water partition coefficient (Wildman–Crippen LogP) is 6.57. The largest absolute Gasteiger partial charge is 0.0654 e. The van der Waals surface area contributed by atoms with Gasteiger partial charge in [0.25, 0.3) is 0 Å². The van der Waals surface area contributed by atoms with Crippen molar-refractivity contribution in [3.05, 3.63) is 22.3 Å². The van der Waals surface area contributed by atoms with Gasteiger partial charge >= 0.3 is 0 Å². The fraction of sp³-hybridized carbons (Fsp3) is 0.778. The van der Waals surface area contributed by atoms with E-state index >= 15 is 0 Å². The minimum absolute atomic E-state index is 1.30. The highest BCUT2D eigenvalue weighted by molar-refractivity contribution is 5.47. The number of allylic oxidation sites excluding steroid dienone is 4. The molecule has 0 atom stereocenters. The van der Waals surface area contributed by atoms with Crippen molar-refractivity contribution < 1.29 is 0 Å². The third-order valence-electron chi connectivity index (χ3n) is 4.03. The van der Waals surface area contributed by atoms with Crippen LogP contribution in [-0.2, 0) is 0 Å². The van der Waals surface area contributed by atoms with Crippen molar-refractivity contribution >= 4 is 0 Å². The molecule has 0 aliphatic heterocycles. The van der Waals surface area contributed by atoms with Gasteiger partial charge in [-0.25, -0.2) is 0 Å². The normalized spacial score (nSPS) is 16.0. The summed E-state index contributed by atoms with van der Waals surface area (Å²) < 4.78 is 0. The molecule has 0 heterocycles. The molecule has 0 aromatic heterocycles. The molecule has 0 saturated carbocycles. The van der Waals surface area contributed by atoms with Crippen LogP contribution in [0.4, 0.5) is 0 Å². The van der Waals surface area contributed by atoms with E-state index in [0.29, 0.717) is 0 Å². The molecule has 0 aromatic rings. The zero-order valence-electron chi connectivity index (χ0n) is 13.1. The highest BCUT2D eigenvalue weighted by Crippen LogP contribution is 2.41. The number of rotatable bonds is 9. The highest BCUT2D eigenvalue weighted by Gasteiger charge is 2.21. The lowest BCUT2D eigenvalue weighted by Crippen LogP contribution is -1.92. The van der Waals surface area contributed by atoms with Crippen LogP contribution in [0.3, 0.4) is 0 Å². The molecule has 104 valence electrons. The lowest BCUT2D eigenvalue weighted by atomic mass is 9.95. The lowest BCUT2D eigenvalue weighted by molar-refractivity contribution is 0.755. The topological polar surface area (TPSA) is 0 Å². The Morgan fingerprint density at radius 2 is 1.11 bits per heavy atom. The van der Waals surface area contributed by atoms with Crippen molar-refractivity contribution in [2.24, 2.45) is 0 Å². The molecule has 0 fully saturated rings. The molecule has 0 heteroatoms. The van der Waals surface area contributed by atoms with Crippen LogP contribution in [0.1, 0.15) is 91.9 Å². The summed E-state index contributed by atoms with van der Waals surface area (Å²) in [7, 11) is 0. The average Bonchev–Trinajstić information content (AvgIpc) is 2.67. The summed E-state index contributed by atoms with van der Waals surface area (Å²) >= 11 is 0. The first-order valence-electron chi connectivity index (χ1n) is 8.20. The summed E-state index contributed by atoms with van der Waals surface area (Å²) in [5.41, 5.74) is 7.13. The van der Waals surface area contributed by atoms with Gasteiger partial charge in [0.15, 0.2) is 0 Å². The molecule has 0 amide bonds. The van der Waals surface area contributed by atoms with Gasteiger partial charge in [-0.3, -0.25) is 0 Å². The van der Waals surface area contributed by atoms with Crippen LogP contribution in [0.25, 0.3) is 0 Å². The second-order valence-corrected chi connectivity index (χ2v) is 5.69. The van der Waals surface area contributed by atoms with E-state index in [2.05, 4.69) is 27.7 Å². The molecule has 0 nitrogen and oxygen atoms in total. The van der Waals surface area contributed by atoms with E-state index in [1.165, 1.54) is 64.2 Å². The van der Waals surface area contributed by atoms with Crippen LogP contribution in [-0.4, -0.2) is 0 Å². The van der Waals surface area contributed by atoms with E-state index in [4.69, 9.17) is 0 Å². The van der Waals surface area contributed by atoms with Gasteiger partial charge in [-0.1, -0.05) is 64.5 Å². The summed E-state index contributed by atoms with van der Waals surface area (Å²) in [6.07, 6.45) is 13.3. The lowest BCUT2D eigenvalue weighted by Gasteiger charge is -2.11. The second kappa shape index (κ2) is 8.56. The molecular weight excluding hydrogens is 216 g/mol. The fourth-order valence-corrected chi connectivity index (χ4v) is 3.22. The van der Waals surface area contributed by atoms with Crippen LogP contribution in [0.15, 0.2) is 22.3 Å². The molecule has 18 heavy (non-hydrogen) atoms. The van der Waals surface area contributed by atoms with E-state index < -0.39 is 0 Å². The SMILES string of the molecule is CCCCC1=C(CCC)C(CCC)=C(CCC)C1. The van der Waals surface area contributed by atoms with Crippen LogP contribution in [0.2, 0.25) is 0 Å². The van der Waals surface area contributed by atoms with Gasteiger partial charge in [0.2, 0.25) is 0 Å². The van der Waals surface area contributed by atoms with E-state index in [1.807, 2.05) is 0 Å². The molecule has 0 bridgehead atoms. The van der Waals surface area contributed by atoms with Gasteiger partial charge in [-0.15, -0.1) is 0 Å². The van der Waals surface area contributed by atoms with Crippen molar-refractivity contribution in [2.75, 3.05) is 0 Å². The van der Waals surface area contributed by atoms with Gasteiger partial charge in [0, 0.05) is 0 Å². The Hall–Kier alpha value is -0.520. The average molecular weight is 248 g/mol. The van der Waals surface area contributed by atoms with Crippen LogP contribution < -0.4 is 0 Å². The fourth-order valence-electron chi connectivity index (χ4n) is 3.22. The summed E-state index contributed by atoms with van der Waals surface area (Å²) in [4.78, 5) is 0. The van der Waals surface area contributed by atoms with Crippen molar-refractivity contribution in [2.45, 2.75) is 91.9 Å². The maximum atomic E-state index is 2.33. The number of unbranched alkanes of at least 4 members (excludes halogenated alkanes) is 1. The molecular formula is C18H32. The van der Waals surface area contributed by atoms with Gasteiger partial charge in [0.05, 0.1) is 0 Å². The van der Waals surface area contributed by atoms with Crippen LogP contribution >= 0.6 is 0 Å². The molecule has 0 N–H and O–H groups in total. The standard InChI is InChI=1S/C18H32/c1-5-9-13-16-14-15(10-6-2)17(11-7-3)18(16)12-8-4/h5-14H2,1-4H3. The van der Waals surface area contributed by atoms with Crippen LogP contribution in [0.5, 0.6) is 0 Å². The quantitative estimate of drug-likeness (QED) is 0.432. The molecule has 1 rings (SSSR count). The van der Waals surface area contributed by atoms with Gasteiger partial charge in [0.1, 0.15) is 0 Å². The van der Waals surface area contributed by atoms with Crippen molar-refractivity contribution in [3.63, 3.8) is 0 Å². The minimum atomic E-state index is 1.30. The maximum Gasteiger partial charge on any atom is -0.00966 e. The monoisotopic (exact) mass is 248 g/mol. The molecule has 0 aromatic carbocycles. The van der Waals surface area contributed by atoms with Crippen molar-refractivity contribution in [1.82, 2.24) is 0 Å². The van der Waals surface area contributed by atoms with Crippen LogP contribution in [0, 0.1) is 0 Å². The number of hydrogen-bond donors (Lipinski definition) is 0. The first-order valence-corrected chi connectivity index (χ1v) is 8.20. The summed E-state index contributed by atoms with van der Waals surface area (Å²) in [5.74, 6) is 0. The molecule has 1 aliphatic carbocycles. The Morgan fingerprint density at radius 1 is 0.611 bits per heavy atom. The molecule has 1 aliphatic rings. The smallest absolute Gasteiger partial charge is 0.00966 e. The van der Waals surface area contributed by atoms with E-state index in [9.17, 15) is 0 Å². The predicted molar refractivity (Wildman–Crippen MR) is 82.9 cm³/mol. The zero-order valence-corrected chi connectivity index (χ0v) is 13.1. The molecule has 0 saturated heterocycles. The third-order valence-corrected chi connectivity index (χ3v) is 4.03. The summed E-state index contributed by atoms with van der Waals surface area (Å²) in [6, 6.07) is 0. The summed E-state index contributed by atoms with van der Waals surface area (Å²) in [6.45, 7) is 9.28. The molecule has 0 radical (unpaired) electrons. The zero-order chi connectivity index (χ0) is 13.4. The molecule has 0 unspecified atom stereocenters. The summed E-state index contributed by atoms with van der Waals surface area (Å²) in [5, 5.41) is 0. The Morgan fingerprint density at radius 3 is 1.56 bits per heavy atom. The Labute approximate surface area is 115 Å². The number of hydrogen-bond acceptors (Lipinski definition) is 0. The van der Waals surface area contributed by atoms with Gasteiger partial charge < -0.3 is 0 Å². The Kier molecular flexibility index (Phi) is 7.39. The van der Waals surface area contributed by atoms with Crippen molar-refractivity contribution in [1.29, 1.82) is 0 Å². The maximum absolute atomic E-state index is 2.33. The van der Waals surface area contributed by atoms with E-state index in [-0.39, 0.29) is 0 Å². The Balaban J connectivity index is 2.88. The van der Waals surface area contributed by atoms with Gasteiger partial charge in [-0.2, -0.15) is 0 Å². The van der Waals surface area contributed by atoms with Crippen molar-refractivity contribution in [3.8, 4) is 0 Å². The van der Waals surface area contributed by atoms with E-state index in [0.717, 1.165) is 0 Å². The van der Waals surface area contributed by atoms with E-state index in [1.54, 1.807) is 22.3 Å². The first-order chi connectivity index (χ1) is 8.78.